The van der Waals surface area contributed by atoms with E-state index < -0.39 is 23.7 Å². The van der Waals surface area contributed by atoms with Gasteiger partial charge in [0.05, 0.1) is 7.11 Å². The molecule has 1 saturated carbocycles. The van der Waals surface area contributed by atoms with Crippen LogP contribution in [0.2, 0.25) is 0 Å². The van der Waals surface area contributed by atoms with Gasteiger partial charge in [-0.3, -0.25) is 0 Å². The van der Waals surface area contributed by atoms with E-state index in [9.17, 15) is 9.59 Å². The molecule has 27 heavy (non-hydrogen) atoms. The molecule has 0 bridgehead atoms. The van der Waals surface area contributed by atoms with Gasteiger partial charge in [0.2, 0.25) is 0 Å². The second kappa shape index (κ2) is 8.42. The van der Waals surface area contributed by atoms with Gasteiger partial charge in [0, 0.05) is 11.2 Å². The van der Waals surface area contributed by atoms with Gasteiger partial charge in [0.25, 0.3) is 0 Å². The van der Waals surface area contributed by atoms with Gasteiger partial charge in [-0.05, 0) is 51.3 Å². The normalized spacial score (nSPS) is 23.0. The largest absolute Gasteiger partial charge is 0.490 e. The van der Waals surface area contributed by atoms with E-state index in [4.69, 9.17) is 14.2 Å². The lowest BCUT2D eigenvalue weighted by Gasteiger charge is -2.41. The predicted molar refractivity (Wildman–Crippen MR) is 106 cm³/mol. The summed E-state index contributed by atoms with van der Waals surface area (Å²) in [6.45, 7) is 7.38. The summed E-state index contributed by atoms with van der Waals surface area (Å²) in [4.78, 5) is 24.0. The van der Waals surface area contributed by atoms with E-state index in [0.29, 0.717) is 6.42 Å². The molecule has 1 aromatic carbocycles. The zero-order chi connectivity index (χ0) is 20.2. The molecule has 1 aromatic rings. The van der Waals surface area contributed by atoms with E-state index in [-0.39, 0.29) is 10.9 Å². The highest BCUT2D eigenvalue weighted by Crippen LogP contribution is 2.39. The number of carbonyl (C=O) groups excluding carboxylic acids is 2. The first-order valence-electron chi connectivity index (χ1n) is 9.03. The fraction of sp³-hybridized carbons (Fsp3) is 0.600. The van der Waals surface area contributed by atoms with Crippen LogP contribution in [0.3, 0.4) is 0 Å². The Labute approximate surface area is 166 Å². The molecule has 1 N–H and O–H groups in total. The minimum Gasteiger partial charge on any atom is -0.490 e. The van der Waals surface area contributed by atoms with Gasteiger partial charge in [-0.25, -0.2) is 9.59 Å². The molecule has 6 nitrogen and oxygen atoms in total. The van der Waals surface area contributed by atoms with Crippen LogP contribution in [0.25, 0.3) is 0 Å². The summed E-state index contributed by atoms with van der Waals surface area (Å²) in [7, 11) is 1.29. The van der Waals surface area contributed by atoms with Gasteiger partial charge in [-0.2, -0.15) is 12.6 Å². The van der Waals surface area contributed by atoms with Gasteiger partial charge in [0.1, 0.15) is 23.5 Å². The van der Waals surface area contributed by atoms with Crippen LogP contribution in [0.4, 0.5) is 4.79 Å². The molecular formula is C20H29NO5S. The third-order valence-electron chi connectivity index (χ3n) is 4.18. The average Bonchev–Trinajstić information content (AvgIpc) is 2.51. The van der Waals surface area contributed by atoms with Gasteiger partial charge >= 0.3 is 12.1 Å². The number of hydrogen-bond donors (Lipinski definition) is 2. The summed E-state index contributed by atoms with van der Waals surface area (Å²) >= 11 is 4.53. The summed E-state index contributed by atoms with van der Waals surface area (Å²) in [5.41, 5.74) is 0.232. The zero-order valence-electron chi connectivity index (χ0n) is 16.6. The highest BCUT2D eigenvalue weighted by Gasteiger charge is 2.38. The maximum atomic E-state index is 12.0. The van der Waals surface area contributed by atoms with Crippen molar-refractivity contribution in [3.05, 3.63) is 29.8 Å². The van der Waals surface area contributed by atoms with Gasteiger partial charge in [0.15, 0.2) is 0 Å². The topological polar surface area (TPSA) is 73.9 Å². The number of alkyl carbamates (subject to hydrolysis) is 1. The number of amides is 1. The standard InChI is InChI=1S/C20H29NO5S/c1-19(2,3)26-18(23)21-16(17(22)24-5)10-13-6-8-14(9-7-13)25-15-11-20(4,27)12-15/h6-9,15-16,27H,10-12H2,1-5H3,(H,21,23). The number of esters is 1. The van der Waals surface area contributed by atoms with Crippen molar-refractivity contribution in [3.8, 4) is 5.75 Å². The van der Waals surface area contributed by atoms with Gasteiger partial charge in [-0.15, -0.1) is 0 Å². The van der Waals surface area contributed by atoms with E-state index in [1.54, 1.807) is 20.8 Å². The molecule has 0 radical (unpaired) electrons. The summed E-state index contributed by atoms with van der Waals surface area (Å²) in [5.74, 6) is 0.256. The van der Waals surface area contributed by atoms with E-state index in [1.165, 1.54) is 7.11 Å². The van der Waals surface area contributed by atoms with Crippen molar-refractivity contribution in [1.82, 2.24) is 5.32 Å². The molecule has 7 heteroatoms. The summed E-state index contributed by atoms with van der Waals surface area (Å²) < 4.78 is 16.0. The number of benzene rings is 1. The molecule has 0 spiro atoms. The molecule has 1 fully saturated rings. The smallest absolute Gasteiger partial charge is 0.408 e. The molecule has 2 rings (SSSR count). The Kier molecular flexibility index (Phi) is 6.68. The highest BCUT2D eigenvalue weighted by atomic mass is 32.1. The van der Waals surface area contributed by atoms with Crippen molar-refractivity contribution in [2.24, 2.45) is 0 Å². The van der Waals surface area contributed by atoms with E-state index in [2.05, 4.69) is 24.9 Å². The molecular weight excluding hydrogens is 366 g/mol. The van der Waals surface area contributed by atoms with Gasteiger partial charge < -0.3 is 19.5 Å². The Balaban J connectivity index is 1.94. The van der Waals surface area contributed by atoms with Crippen LogP contribution in [0, 0.1) is 0 Å². The molecule has 1 aliphatic carbocycles. The number of hydrogen-bond acceptors (Lipinski definition) is 6. The molecule has 0 heterocycles. The van der Waals surface area contributed by atoms with Crippen molar-refractivity contribution < 1.29 is 23.8 Å². The molecule has 1 atom stereocenters. The Bertz CT molecular complexity index is 658. The lowest BCUT2D eigenvalue weighted by atomic mass is 9.83. The second-order valence-corrected chi connectivity index (χ2v) is 9.29. The maximum absolute atomic E-state index is 12.0. The first kappa shape index (κ1) is 21.4. The Morgan fingerprint density at radius 1 is 1.26 bits per heavy atom. The third kappa shape index (κ3) is 6.97. The number of nitrogens with one attached hydrogen (secondary N) is 1. The Morgan fingerprint density at radius 3 is 2.33 bits per heavy atom. The molecule has 1 amide bonds. The zero-order valence-corrected chi connectivity index (χ0v) is 17.5. The fourth-order valence-corrected chi connectivity index (χ4v) is 3.33. The number of methoxy groups -OCH3 is 1. The Morgan fingerprint density at radius 2 is 1.85 bits per heavy atom. The lowest BCUT2D eigenvalue weighted by molar-refractivity contribution is -0.143. The molecule has 0 aliphatic heterocycles. The molecule has 1 aliphatic rings. The second-order valence-electron chi connectivity index (χ2n) is 8.22. The van der Waals surface area contributed by atoms with Crippen molar-refractivity contribution in [2.75, 3.05) is 7.11 Å². The van der Waals surface area contributed by atoms with Crippen LogP contribution >= 0.6 is 12.6 Å². The third-order valence-corrected chi connectivity index (χ3v) is 4.54. The van der Waals surface area contributed by atoms with Crippen LogP contribution in [-0.4, -0.2) is 41.7 Å². The monoisotopic (exact) mass is 395 g/mol. The van der Waals surface area contributed by atoms with Crippen LogP contribution in [0.5, 0.6) is 5.75 Å². The molecule has 1 unspecified atom stereocenters. The fourth-order valence-electron chi connectivity index (χ4n) is 2.92. The first-order chi connectivity index (χ1) is 12.5. The maximum Gasteiger partial charge on any atom is 0.408 e. The molecule has 150 valence electrons. The van der Waals surface area contributed by atoms with Crippen molar-refractivity contribution in [3.63, 3.8) is 0 Å². The van der Waals surface area contributed by atoms with Crippen LogP contribution in [-0.2, 0) is 20.7 Å². The Hall–Kier alpha value is -1.89. The van der Waals surface area contributed by atoms with E-state index in [1.807, 2.05) is 24.3 Å². The number of ether oxygens (including phenoxy) is 3. The minimum absolute atomic E-state index is 0.0612. The predicted octanol–water partition coefficient (Wildman–Crippen LogP) is 3.53. The molecule has 0 saturated heterocycles. The first-order valence-corrected chi connectivity index (χ1v) is 9.47. The minimum atomic E-state index is -0.826. The van der Waals surface area contributed by atoms with E-state index >= 15 is 0 Å². The summed E-state index contributed by atoms with van der Waals surface area (Å²) in [6, 6.07) is 6.66. The summed E-state index contributed by atoms with van der Waals surface area (Å²) in [6.07, 6.45) is 1.67. The van der Waals surface area contributed by atoms with Crippen molar-refractivity contribution in [1.29, 1.82) is 0 Å². The van der Waals surface area contributed by atoms with Crippen LogP contribution in [0.1, 0.15) is 46.1 Å². The van der Waals surface area contributed by atoms with Crippen LogP contribution in [0.15, 0.2) is 24.3 Å². The van der Waals surface area contributed by atoms with Crippen LogP contribution < -0.4 is 10.1 Å². The number of rotatable bonds is 6. The SMILES string of the molecule is COC(=O)C(Cc1ccc(OC2CC(C)(S)C2)cc1)NC(=O)OC(C)(C)C. The lowest BCUT2D eigenvalue weighted by Crippen LogP contribution is -2.45. The van der Waals surface area contributed by atoms with Crippen molar-refractivity contribution in [2.45, 2.75) is 69.5 Å². The quantitative estimate of drug-likeness (QED) is 0.569. The number of carbonyl (C=O) groups is 2. The number of thiol groups is 1. The molecule has 0 aromatic heterocycles. The highest BCUT2D eigenvalue weighted by molar-refractivity contribution is 7.81. The van der Waals surface area contributed by atoms with Gasteiger partial charge in [-0.1, -0.05) is 19.1 Å². The van der Waals surface area contributed by atoms with Crippen molar-refractivity contribution >= 4 is 24.7 Å². The van der Waals surface area contributed by atoms with E-state index in [0.717, 1.165) is 24.2 Å². The summed E-state index contributed by atoms with van der Waals surface area (Å²) in [5, 5.41) is 2.57. The average molecular weight is 396 g/mol.